The number of nitrogens with zero attached hydrogens (tertiary/aromatic N) is 3. The number of aromatic nitrogens is 2. The molecule has 3 nitrogen and oxygen atoms in total. The first-order valence-corrected chi connectivity index (χ1v) is 7.68. The van der Waals surface area contributed by atoms with Crippen molar-refractivity contribution in [2.75, 3.05) is 0 Å². The Morgan fingerprint density at radius 3 is 2.78 bits per heavy atom. The molecule has 2 aromatic carbocycles. The Balaban J connectivity index is 2.05. The van der Waals surface area contributed by atoms with Gasteiger partial charge >= 0.3 is 0 Å². The first-order valence-electron chi connectivity index (χ1n) is 7.30. The summed E-state index contributed by atoms with van der Waals surface area (Å²) in [5, 5.41) is 0.587. The molecule has 4 rings (SSSR count). The lowest BCUT2D eigenvalue weighted by Gasteiger charge is -2.12. The van der Waals surface area contributed by atoms with Crippen molar-refractivity contribution in [3.63, 3.8) is 0 Å². The van der Waals surface area contributed by atoms with Crippen molar-refractivity contribution in [3.05, 3.63) is 82.6 Å². The van der Waals surface area contributed by atoms with Gasteiger partial charge in [0.25, 0.3) is 0 Å². The molecule has 0 fully saturated rings. The molecule has 0 saturated heterocycles. The SMILES string of the molecule is CC1N=C(c2ccccc2F)c2cc(Cl)ccc2-n2cncc21. The Kier molecular flexibility index (Phi) is 3.27. The average Bonchev–Trinajstić information content (AvgIpc) is 2.99. The van der Waals surface area contributed by atoms with Gasteiger partial charge in [0.1, 0.15) is 5.82 Å². The van der Waals surface area contributed by atoms with Crippen molar-refractivity contribution in [2.45, 2.75) is 13.0 Å². The Bertz CT molecular complexity index is 930. The van der Waals surface area contributed by atoms with Crippen LogP contribution >= 0.6 is 11.6 Å². The van der Waals surface area contributed by atoms with E-state index in [-0.39, 0.29) is 11.9 Å². The fraction of sp³-hybridized carbons (Fsp3) is 0.111. The van der Waals surface area contributed by atoms with Crippen molar-refractivity contribution in [2.24, 2.45) is 4.99 Å². The molecule has 1 aliphatic heterocycles. The third kappa shape index (κ3) is 2.26. The zero-order valence-electron chi connectivity index (χ0n) is 12.4. The van der Waals surface area contributed by atoms with Crippen LogP contribution in [0.3, 0.4) is 0 Å². The highest BCUT2D eigenvalue weighted by molar-refractivity contribution is 6.31. The monoisotopic (exact) mass is 325 g/mol. The molecule has 0 aliphatic carbocycles. The molecule has 0 radical (unpaired) electrons. The van der Waals surface area contributed by atoms with E-state index in [4.69, 9.17) is 16.6 Å². The highest BCUT2D eigenvalue weighted by atomic mass is 35.5. The predicted octanol–water partition coefficient (Wildman–Crippen LogP) is 4.58. The molecule has 2 heterocycles. The van der Waals surface area contributed by atoms with Gasteiger partial charge in [0, 0.05) is 16.1 Å². The largest absolute Gasteiger partial charge is 0.300 e. The quantitative estimate of drug-likeness (QED) is 0.644. The summed E-state index contributed by atoms with van der Waals surface area (Å²) in [7, 11) is 0. The highest BCUT2D eigenvalue weighted by Crippen LogP contribution is 2.32. The van der Waals surface area contributed by atoms with Crippen LogP contribution < -0.4 is 0 Å². The van der Waals surface area contributed by atoms with Crippen molar-refractivity contribution >= 4 is 17.3 Å². The molecule has 1 aromatic heterocycles. The molecule has 1 aliphatic rings. The van der Waals surface area contributed by atoms with Crippen LogP contribution in [0.1, 0.15) is 29.8 Å². The molecule has 5 heteroatoms. The summed E-state index contributed by atoms with van der Waals surface area (Å²) in [6.45, 7) is 1.97. The number of aliphatic imine (C=N–C) groups is 1. The van der Waals surface area contributed by atoms with Gasteiger partial charge in [-0.25, -0.2) is 9.37 Å². The van der Waals surface area contributed by atoms with Gasteiger partial charge in [-0.3, -0.25) is 4.99 Å². The number of hydrogen-bond acceptors (Lipinski definition) is 2. The molecule has 0 bridgehead atoms. The van der Waals surface area contributed by atoms with Crippen LogP contribution in [0.5, 0.6) is 0 Å². The minimum atomic E-state index is -0.297. The summed E-state index contributed by atoms with van der Waals surface area (Å²) in [6, 6.07) is 12.1. The molecule has 23 heavy (non-hydrogen) atoms. The summed E-state index contributed by atoms with van der Waals surface area (Å²) in [6.07, 6.45) is 3.54. The lowest BCUT2D eigenvalue weighted by molar-refractivity contribution is 0.625. The van der Waals surface area contributed by atoms with Crippen LogP contribution in [-0.2, 0) is 0 Å². The Labute approximate surface area is 138 Å². The van der Waals surface area contributed by atoms with Gasteiger partial charge in [-0.1, -0.05) is 23.7 Å². The van der Waals surface area contributed by atoms with Crippen LogP contribution in [0.15, 0.2) is 60.0 Å². The van der Waals surface area contributed by atoms with Crippen molar-refractivity contribution < 1.29 is 4.39 Å². The van der Waals surface area contributed by atoms with Crippen LogP contribution in [0.25, 0.3) is 5.69 Å². The second kappa shape index (κ2) is 5.32. The Hall–Kier alpha value is -2.46. The summed E-state index contributed by atoms with van der Waals surface area (Å²) in [5.74, 6) is -0.297. The third-order valence-corrected chi connectivity index (χ3v) is 4.26. The van der Waals surface area contributed by atoms with Crippen LogP contribution in [-0.4, -0.2) is 15.3 Å². The lowest BCUT2D eigenvalue weighted by Crippen LogP contribution is -2.09. The number of imidazole rings is 1. The van der Waals surface area contributed by atoms with Gasteiger partial charge < -0.3 is 4.57 Å². The normalized spacial score (nSPS) is 16.3. The topological polar surface area (TPSA) is 30.2 Å². The highest BCUT2D eigenvalue weighted by Gasteiger charge is 2.24. The fourth-order valence-corrected chi connectivity index (χ4v) is 3.09. The number of fused-ring (bicyclic) bond motifs is 3. The van der Waals surface area contributed by atoms with Crippen LogP contribution in [0, 0.1) is 5.82 Å². The number of rotatable bonds is 1. The maximum atomic E-state index is 14.4. The minimum Gasteiger partial charge on any atom is -0.300 e. The van der Waals surface area contributed by atoms with Gasteiger partial charge in [0.15, 0.2) is 0 Å². The van der Waals surface area contributed by atoms with E-state index in [0.717, 1.165) is 16.9 Å². The van der Waals surface area contributed by atoms with Gasteiger partial charge in [0.05, 0.1) is 35.7 Å². The second-order valence-corrected chi connectivity index (χ2v) is 5.92. The number of halogens is 2. The van der Waals surface area contributed by atoms with Crippen LogP contribution in [0.4, 0.5) is 4.39 Å². The lowest BCUT2D eigenvalue weighted by atomic mass is 10.00. The van der Waals surface area contributed by atoms with Crippen molar-refractivity contribution in [1.82, 2.24) is 9.55 Å². The first kappa shape index (κ1) is 14.2. The minimum absolute atomic E-state index is 0.140. The van der Waals surface area contributed by atoms with Gasteiger partial charge in [-0.2, -0.15) is 0 Å². The zero-order chi connectivity index (χ0) is 16.0. The molecule has 0 N–H and O–H groups in total. The number of hydrogen-bond donors (Lipinski definition) is 0. The van der Waals surface area contributed by atoms with Crippen molar-refractivity contribution in [3.8, 4) is 5.69 Å². The molecule has 114 valence electrons. The van der Waals surface area contributed by atoms with E-state index in [2.05, 4.69) is 4.98 Å². The van der Waals surface area contributed by atoms with E-state index >= 15 is 0 Å². The van der Waals surface area contributed by atoms with E-state index in [9.17, 15) is 4.39 Å². The van der Waals surface area contributed by atoms with Gasteiger partial charge in [-0.15, -0.1) is 0 Å². The zero-order valence-corrected chi connectivity index (χ0v) is 13.1. The second-order valence-electron chi connectivity index (χ2n) is 5.48. The summed E-state index contributed by atoms with van der Waals surface area (Å²) >= 11 is 6.19. The molecular weight excluding hydrogens is 313 g/mol. The van der Waals surface area contributed by atoms with Gasteiger partial charge in [-0.05, 0) is 37.3 Å². The maximum Gasteiger partial charge on any atom is 0.132 e. The van der Waals surface area contributed by atoms with E-state index < -0.39 is 0 Å². The molecule has 1 atom stereocenters. The molecule has 0 amide bonds. The fourth-order valence-electron chi connectivity index (χ4n) is 2.92. The van der Waals surface area contributed by atoms with E-state index in [1.54, 1.807) is 24.7 Å². The number of benzene rings is 2. The maximum absolute atomic E-state index is 14.4. The van der Waals surface area contributed by atoms with Crippen molar-refractivity contribution in [1.29, 1.82) is 0 Å². The molecular formula is C18H13ClFN3. The van der Waals surface area contributed by atoms with Crippen LogP contribution in [0.2, 0.25) is 5.02 Å². The summed E-state index contributed by atoms with van der Waals surface area (Å²) in [4.78, 5) is 8.98. The van der Waals surface area contributed by atoms with E-state index in [1.807, 2.05) is 35.8 Å². The summed E-state index contributed by atoms with van der Waals surface area (Å²) < 4.78 is 16.3. The summed E-state index contributed by atoms with van der Waals surface area (Å²) in [5.41, 5.74) is 3.73. The van der Waals surface area contributed by atoms with Gasteiger partial charge in [0.2, 0.25) is 0 Å². The first-order chi connectivity index (χ1) is 11.1. The van der Waals surface area contributed by atoms with E-state index in [0.29, 0.717) is 16.3 Å². The Morgan fingerprint density at radius 2 is 1.96 bits per heavy atom. The molecule has 3 aromatic rings. The molecule has 0 saturated carbocycles. The van der Waals surface area contributed by atoms with E-state index in [1.165, 1.54) is 6.07 Å². The molecule has 1 unspecified atom stereocenters. The predicted molar refractivity (Wildman–Crippen MR) is 89.0 cm³/mol. The molecule has 0 spiro atoms. The average molecular weight is 326 g/mol. The smallest absolute Gasteiger partial charge is 0.132 e. The third-order valence-electron chi connectivity index (χ3n) is 4.02. The Morgan fingerprint density at radius 1 is 1.13 bits per heavy atom. The standard InChI is InChI=1S/C18H13ClFN3/c1-11-17-9-21-10-23(17)16-7-6-12(19)8-14(16)18(22-11)13-4-2-3-5-15(13)20/h2-11H,1H3.